The van der Waals surface area contributed by atoms with Crippen LogP contribution in [0.2, 0.25) is 0 Å². The summed E-state index contributed by atoms with van der Waals surface area (Å²) in [7, 11) is 1.29. The molecule has 0 atom stereocenters. The number of nitro groups is 1. The van der Waals surface area contributed by atoms with Crippen LogP contribution in [0.15, 0.2) is 30.4 Å². The highest BCUT2D eigenvalue weighted by Crippen LogP contribution is 2.36. The van der Waals surface area contributed by atoms with Gasteiger partial charge in [-0.25, -0.2) is 0 Å². The Morgan fingerprint density at radius 1 is 1.48 bits per heavy atom. The fourth-order valence-corrected chi connectivity index (χ4v) is 2.38. The van der Waals surface area contributed by atoms with Gasteiger partial charge in [0.1, 0.15) is 11.3 Å². The average Bonchev–Trinajstić information content (AvgIpc) is 2.56. The summed E-state index contributed by atoms with van der Waals surface area (Å²) < 4.78 is 4.95. The van der Waals surface area contributed by atoms with Gasteiger partial charge in [0.2, 0.25) is 5.75 Å². The molecule has 2 N–H and O–H groups in total. The number of amides is 2. The number of rotatable bonds is 5. The molecule has 0 saturated carbocycles. The second-order valence-electron chi connectivity index (χ2n) is 4.86. The molecule has 25 heavy (non-hydrogen) atoms. The summed E-state index contributed by atoms with van der Waals surface area (Å²) in [5, 5.41) is 23.4. The number of hydrogen-bond acceptors (Lipinski definition) is 7. The Bertz CT molecular complexity index is 833. The van der Waals surface area contributed by atoms with Crippen LogP contribution in [0.5, 0.6) is 11.5 Å². The summed E-state index contributed by atoms with van der Waals surface area (Å²) in [4.78, 5) is 35.8. The molecule has 1 aliphatic rings. The maximum Gasteiger partial charge on any atom is 0.315 e. The minimum Gasteiger partial charge on any atom is -0.502 e. The van der Waals surface area contributed by atoms with Gasteiger partial charge in [0.05, 0.1) is 18.1 Å². The van der Waals surface area contributed by atoms with E-state index >= 15 is 0 Å². The van der Waals surface area contributed by atoms with E-state index in [-0.39, 0.29) is 28.5 Å². The number of methoxy groups -OCH3 is 1. The Morgan fingerprint density at radius 2 is 2.16 bits per heavy atom. The van der Waals surface area contributed by atoms with Crippen LogP contribution in [0, 0.1) is 10.1 Å². The number of benzene rings is 1. The summed E-state index contributed by atoms with van der Waals surface area (Å²) in [5.41, 5.74) is -1.07. The fourth-order valence-electron chi connectivity index (χ4n) is 2.13. The van der Waals surface area contributed by atoms with Gasteiger partial charge < -0.3 is 9.84 Å². The predicted octanol–water partition coefficient (Wildman–Crippen LogP) is 1.12. The van der Waals surface area contributed by atoms with Crippen molar-refractivity contribution in [2.75, 3.05) is 13.7 Å². The maximum atomic E-state index is 12.4. The quantitative estimate of drug-likeness (QED) is 0.201. The number of ether oxygens (including phenoxy) is 1. The van der Waals surface area contributed by atoms with E-state index in [0.29, 0.717) is 0 Å². The van der Waals surface area contributed by atoms with Crippen molar-refractivity contribution in [2.24, 2.45) is 0 Å². The first-order valence-electron chi connectivity index (χ1n) is 6.85. The third kappa shape index (κ3) is 3.48. The predicted molar refractivity (Wildman–Crippen MR) is 91.9 cm³/mol. The Labute approximate surface area is 147 Å². The molecule has 130 valence electrons. The number of thiocarbonyl (C=S) groups is 1. The molecule has 10 heteroatoms. The Kier molecular flexibility index (Phi) is 5.13. The third-order valence-corrected chi connectivity index (χ3v) is 3.64. The van der Waals surface area contributed by atoms with E-state index in [1.807, 2.05) is 0 Å². The van der Waals surface area contributed by atoms with Crippen LogP contribution in [0.3, 0.4) is 0 Å². The van der Waals surface area contributed by atoms with Crippen LogP contribution < -0.4 is 10.1 Å². The first-order valence-corrected chi connectivity index (χ1v) is 7.26. The molecule has 0 aromatic heterocycles. The topological polar surface area (TPSA) is 122 Å². The largest absolute Gasteiger partial charge is 0.502 e. The van der Waals surface area contributed by atoms with E-state index in [1.54, 1.807) is 0 Å². The SMILES string of the molecule is C=CCN1C(=O)/C(=C/c2cc(OC)cc([N+](=O)[O-])c2O)C(=O)NC1=S. The number of carbonyl (C=O) groups is 2. The van der Waals surface area contributed by atoms with Gasteiger partial charge in [-0.3, -0.25) is 29.9 Å². The summed E-state index contributed by atoms with van der Waals surface area (Å²) in [6.07, 6.45) is 2.47. The van der Waals surface area contributed by atoms with Crippen LogP contribution in [0.1, 0.15) is 5.56 Å². The zero-order chi connectivity index (χ0) is 18.7. The van der Waals surface area contributed by atoms with Crippen molar-refractivity contribution in [1.82, 2.24) is 10.2 Å². The van der Waals surface area contributed by atoms with Gasteiger partial charge in [0.25, 0.3) is 11.8 Å². The molecule has 2 rings (SSSR count). The number of aromatic hydroxyl groups is 1. The van der Waals surface area contributed by atoms with Crippen molar-refractivity contribution in [2.45, 2.75) is 0 Å². The van der Waals surface area contributed by atoms with Crippen molar-refractivity contribution in [3.8, 4) is 11.5 Å². The van der Waals surface area contributed by atoms with Gasteiger partial charge in [-0.2, -0.15) is 0 Å². The number of carbonyl (C=O) groups excluding carboxylic acids is 2. The molecule has 1 aromatic rings. The summed E-state index contributed by atoms with van der Waals surface area (Å²) in [6.45, 7) is 3.57. The highest BCUT2D eigenvalue weighted by molar-refractivity contribution is 7.80. The Morgan fingerprint density at radius 3 is 2.72 bits per heavy atom. The third-order valence-electron chi connectivity index (χ3n) is 3.32. The second-order valence-corrected chi connectivity index (χ2v) is 5.25. The molecule has 0 bridgehead atoms. The van der Waals surface area contributed by atoms with Crippen LogP contribution in [0.25, 0.3) is 6.08 Å². The lowest BCUT2D eigenvalue weighted by atomic mass is 10.1. The molecule has 1 aliphatic heterocycles. The standard InChI is InChI=1S/C15H13N3O6S/c1-3-4-17-14(21)10(13(20)16-15(17)25)6-8-5-9(24-2)7-11(12(8)19)18(22)23/h3,5-7,19H,1,4H2,2H3,(H,16,20,25)/b10-6+. The van der Waals surface area contributed by atoms with Gasteiger partial charge in [0, 0.05) is 12.1 Å². The van der Waals surface area contributed by atoms with E-state index in [2.05, 4.69) is 11.9 Å². The molecule has 1 saturated heterocycles. The van der Waals surface area contributed by atoms with Gasteiger partial charge >= 0.3 is 5.69 Å². The number of nitrogens with one attached hydrogen (secondary N) is 1. The highest BCUT2D eigenvalue weighted by atomic mass is 32.1. The minimum atomic E-state index is -0.804. The number of nitro benzene ring substituents is 1. The van der Waals surface area contributed by atoms with Crippen molar-refractivity contribution in [1.29, 1.82) is 0 Å². The second kappa shape index (κ2) is 7.09. The van der Waals surface area contributed by atoms with E-state index in [0.717, 1.165) is 17.0 Å². The summed E-state index contributed by atoms with van der Waals surface area (Å²) in [6, 6.07) is 2.29. The molecule has 1 fully saturated rings. The molecule has 1 aromatic carbocycles. The zero-order valence-electron chi connectivity index (χ0n) is 13.0. The van der Waals surface area contributed by atoms with Crippen LogP contribution in [0.4, 0.5) is 5.69 Å². The fraction of sp³-hybridized carbons (Fsp3) is 0.133. The lowest BCUT2D eigenvalue weighted by Crippen LogP contribution is -2.53. The zero-order valence-corrected chi connectivity index (χ0v) is 13.8. The van der Waals surface area contributed by atoms with E-state index in [1.165, 1.54) is 19.3 Å². The summed E-state index contributed by atoms with van der Waals surface area (Å²) >= 11 is 4.92. The van der Waals surface area contributed by atoms with Crippen LogP contribution in [-0.2, 0) is 9.59 Å². The molecular formula is C15H13N3O6S. The summed E-state index contributed by atoms with van der Waals surface area (Å²) in [5.74, 6) is -2.10. The van der Waals surface area contributed by atoms with E-state index in [9.17, 15) is 24.8 Å². The first-order chi connectivity index (χ1) is 11.8. The maximum absolute atomic E-state index is 12.4. The van der Waals surface area contributed by atoms with E-state index in [4.69, 9.17) is 17.0 Å². The number of phenolic OH excluding ortho intramolecular Hbond substituents is 1. The number of phenols is 1. The molecule has 0 aliphatic carbocycles. The molecular weight excluding hydrogens is 350 g/mol. The molecule has 0 spiro atoms. The Balaban J connectivity index is 2.58. The number of nitrogens with zero attached hydrogens (tertiary/aromatic N) is 2. The average molecular weight is 363 g/mol. The van der Waals surface area contributed by atoms with Gasteiger partial charge in [0.15, 0.2) is 5.11 Å². The van der Waals surface area contributed by atoms with Gasteiger partial charge in [-0.15, -0.1) is 6.58 Å². The van der Waals surface area contributed by atoms with Crippen molar-refractivity contribution < 1.29 is 24.4 Å². The minimum absolute atomic E-state index is 0.0690. The normalized spacial score (nSPS) is 16.0. The lowest BCUT2D eigenvalue weighted by Gasteiger charge is -2.27. The van der Waals surface area contributed by atoms with Crippen molar-refractivity contribution in [3.05, 3.63) is 46.0 Å². The molecule has 0 radical (unpaired) electrons. The molecule has 1 heterocycles. The van der Waals surface area contributed by atoms with E-state index < -0.39 is 28.2 Å². The van der Waals surface area contributed by atoms with Crippen LogP contribution >= 0.6 is 12.2 Å². The molecule has 0 unspecified atom stereocenters. The van der Waals surface area contributed by atoms with Crippen LogP contribution in [-0.4, -0.2) is 45.5 Å². The smallest absolute Gasteiger partial charge is 0.315 e. The van der Waals surface area contributed by atoms with Gasteiger partial charge in [-0.1, -0.05) is 6.08 Å². The monoisotopic (exact) mass is 363 g/mol. The lowest BCUT2D eigenvalue weighted by molar-refractivity contribution is -0.385. The highest BCUT2D eigenvalue weighted by Gasteiger charge is 2.33. The van der Waals surface area contributed by atoms with Crippen molar-refractivity contribution >= 4 is 40.9 Å². The first kappa shape index (κ1) is 18.1. The van der Waals surface area contributed by atoms with Crippen molar-refractivity contribution in [3.63, 3.8) is 0 Å². The molecule has 9 nitrogen and oxygen atoms in total. The Hall–Kier alpha value is -3.27. The molecule has 2 amide bonds. The number of hydrogen-bond donors (Lipinski definition) is 2. The van der Waals surface area contributed by atoms with Gasteiger partial charge in [-0.05, 0) is 24.4 Å².